The van der Waals surface area contributed by atoms with Crippen molar-refractivity contribution in [1.29, 1.82) is 0 Å². The highest BCUT2D eigenvalue weighted by Crippen LogP contribution is 2.25. The minimum absolute atomic E-state index is 0.142. The lowest BCUT2D eigenvalue weighted by Crippen LogP contribution is -2.07. The van der Waals surface area contributed by atoms with Crippen molar-refractivity contribution >= 4 is 11.3 Å². The van der Waals surface area contributed by atoms with Crippen molar-refractivity contribution in [3.05, 3.63) is 52.2 Å². The zero-order valence-corrected chi connectivity index (χ0v) is 10.6. The number of ether oxygens (including phenoxy) is 1. The molecule has 0 saturated carbocycles. The molecule has 1 atom stereocenters. The molecule has 0 fully saturated rings. The Morgan fingerprint density at radius 3 is 2.82 bits per heavy atom. The first kappa shape index (κ1) is 12.1. The third-order valence-corrected chi connectivity index (χ3v) is 3.71. The molecule has 0 aliphatic heterocycles. The van der Waals surface area contributed by atoms with E-state index in [-0.39, 0.29) is 12.5 Å². The smallest absolute Gasteiger partial charge is 0.119 e. The molecule has 0 amide bonds. The second-order valence-electron chi connectivity index (χ2n) is 3.94. The molecule has 1 aromatic heterocycles. The fourth-order valence-electron chi connectivity index (χ4n) is 1.85. The van der Waals surface area contributed by atoms with Gasteiger partial charge in [0.1, 0.15) is 5.75 Å². The summed E-state index contributed by atoms with van der Waals surface area (Å²) in [7, 11) is 1.66. The van der Waals surface area contributed by atoms with E-state index < -0.39 is 0 Å². The summed E-state index contributed by atoms with van der Waals surface area (Å²) in [6.07, 6.45) is 0.876. The SMILES string of the molecule is COc1cccc(C(CO)Cc2cccs2)c1. The summed E-state index contributed by atoms with van der Waals surface area (Å²) in [5.41, 5.74) is 1.13. The van der Waals surface area contributed by atoms with Gasteiger partial charge in [-0.3, -0.25) is 0 Å². The summed E-state index contributed by atoms with van der Waals surface area (Å²) >= 11 is 1.73. The standard InChI is InChI=1S/C14H16O2S/c1-16-13-5-2-4-11(8-13)12(10-15)9-14-6-3-7-17-14/h2-8,12,15H,9-10H2,1H3. The molecule has 1 aromatic carbocycles. The highest BCUT2D eigenvalue weighted by molar-refractivity contribution is 7.09. The first-order valence-corrected chi connectivity index (χ1v) is 6.48. The van der Waals surface area contributed by atoms with Gasteiger partial charge < -0.3 is 9.84 Å². The third kappa shape index (κ3) is 3.08. The number of methoxy groups -OCH3 is 1. The maximum absolute atomic E-state index is 9.51. The molecule has 17 heavy (non-hydrogen) atoms. The van der Waals surface area contributed by atoms with Crippen molar-refractivity contribution in [2.75, 3.05) is 13.7 Å². The Hall–Kier alpha value is -1.32. The van der Waals surface area contributed by atoms with Crippen molar-refractivity contribution in [2.45, 2.75) is 12.3 Å². The number of benzene rings is 1. The Morgan fingerprint density at radius 2 is 2.18 bits per heavy atom. The highest BCUT2D eigenvalue weighted by Gasteiger charge is 2.12. The van der Waals surface area contributed by atoms with E-state index in [1.807, 2.05) is 30.3 Å². The molecule has 1 heterocycles. The normalized spacial score (nSPS) is 12.4. The van der Waals surface area contributed by atoms with Gasteiger partial charge in [-0.15, -0.1) is 11.3 Å². The van der Waals surface area contributed by atoms with E-state index in [1.165, 1.54) is 4.88 Å². The summed E-state index contributed by atoms with van der Waals surface area (Å²) in [4.78, 5) is 1.30. The molecule has 2 rings (SSSR count). The summed E-state index contributed by atoms with van der Waals surface area (Å²) < 4.78 is 5.21. The van der Waals surface area contributed by atoms with E-state index in [0.29, 0.717) is 0 Å². The monoisotopic (exact) mass is 248 g/mol. The van der Waals surface area contributed by atoms with Crippen LogP contribution < -0.4 is 4.74 Å². The number of aliphatic hydroxyl groups excluding tert-OH is 1. The molecule has 90 valence electrons. The van der Waals surface area contributed by atoms with Crippen LogP contribution in [0.25, 0.3) is 0 Å². The molecule has 1 N–H and O–H groups in total. The van der Waals surface area contributed by atoms with Crippen LogP contribution in [0.4, 0.5) is 0 Å². The molecule has 1 unspecified atom stereocenters. The second-order valence-corrected chi connectivity index (χ2v) is 4.97. The highest BCUT2D eigenvalue weighted by atomic mass is 32.1. The molecule has 0 radical (unpaired) electrons. The lowest BCUT2D eigenvalue weighted by atomic mass is 9.96. The van der Waals surface area contributed by atoms with Crippen LogP contribution in [-0.2, 0) is 6.42 Å². The minimum atomic E-state index is 0.142. The van der Waals surface area contributed by atoms with E-state index in [1.54, 1.807) is 18.4 Å². The van der Waals surface area contributed by atoms with Crippen molar-refractivity contribution in [3.8, 4) is 5.75 Å². The molecule has 3 heteroatoms. The van der Waals surface area contributed by atoms with Gasteiger partial charge in [-0.05, 0) is 35.6 Å². The van der Waals surface area contributed by atoms with Crippen LogP contribution in [0.2, 0.25) is 0 Å². The fraction of sp³-hybridized carbons (Fsp3) is 0.286. The largest absolute Gasteiger partial charge is 0.497 e. The van der Waals surface area contributed by atoms with Crippen LogP contribution in [0.15, 0.2) is 41.8 Å². The minimum Gasteiger partial charge on any atom is -0.497 e. The molecular formula is C14H16O2S. The summed E-state index contributed by atoms with van der Waals surface area (Å²) in [5.74, 6) is 0.982. The van der Waals surface area contributed by atoms with Crippen LogP contribution in [0, 0.1) is 0 Å². The number of thiophene rings is 1. The Balaban J connectivity index is 2.16. The van der Waals surface area contributed by atoms with Crippen LogP contribution in [-0.4, -0.2) is 18.8 Å². The van der Waals surface area contributed by atoms with Crippen molar-refractivity contribution in [1.82, 2.24) is 0 Å². The lowest BCUT2D eigenvalue weighted by molar-refractivity contribution is 0.264. The number of hydrogen-bond donors (Lipinski definition) is 1. The maximum Gasteiger partial charge on any atom is 0.119 e. The fourth-order valence-corrected chi connectivity index (χ4v) is 2.64. The van der Waals surface area contributed by atoms with E-state index in [4.69, 9.17) is 4.74 Å². The van der Waals surface area contributed by atoms with Gasteiger partial charge in [0, 0.05) is 10.8 Å². The van der Waals surface area contributed by atoms with Gasteiger partial charge in [-0.1, -0.05) is 18.2 Å². The number of hydrogen-bond acceptors (Lipinski definition) is 3. The molecule has 2 aromatic rings. The number of rotatable bonds is 5. The molecule has 2 nitrogen and oxygen atoms in total. The van der Waals surface area contributed by atoms with Gasteiger partial charge in [0.25, 0.3) is 0 Å². The van der Waals surface area contributed by atoms with E-state index in [2.05, 4.69) is 11.4 Å². The van der Waals surface area contributed by atoms with Crippen molar-refractivity contribution in [2.24, 2.45) is 0 Å². The average molecular weight is 248 g/mol. The van der Waals surface area contributed by atoms with Crippen LogP contribution in [0.5, 0.6) is 5.75 Å². The second kappa shape index (κ2) is 5.84. The first-order chi connectivity index (χ1) is 8.33. The van der Waals surface area contributed by atoms with Crippen LogP contribution >= 0.6 is 11.3 Å². The van der Waals surface area contributed by atoms with E-state index in [0.717, 1.165) is 17.7 Å². The maximum atomic E-state index is 9.51. The Kier molecular flexibility index (Phi) is 4.18. The van der Waals surface area contributed by atoms with Gasteiger partial charge in [0.15, 0.2) is 0 Å². The lowest BCUT2D eigenvalue weighted by Gasteiger charge is -2.14. The summed E-state index contributed by atoms with van der Waals surface area (Å²) in [6, 6.07) is 12.1. The van der Waals surface area contributed by atoms with E-state index >= 15 is 0 Å². The summed E-state index contributed by atoms with van der Waals surface area (Å²) in [5, 5.41) is 11.6. The Morgan fingerprint density at radius 1 is 1.29 bits per heavy atom. The number of aliphatic hydroxyl groups is 1. The predicted molar refractivity (Wildman–Crippen MR) is 70.8 cm³/mol. The molecule has 0 aliphatic rings. The zero-order valence-electron chi connectivity index (χ0n) is 9.80. The van der Waals surface area contributed by atoms with Gasteiger partial charge in [-0.2, -0.15) is 0 Å². The van der Waals surface area contributed by atoms with Crippen molar-refractivity contribution < 1.29 is 9.84 Å². The van der Waals surface area contributed by atoms with Crippen molar-refractivity contribution in [3.63, 3.8) is 0 Å². The molecule has 0 aliphatic carbocycles. The van der Waals surface area contributed by atoms with Gasteiger partial charge in [0.05, 0.1) is 13.7 Å². The topological polar surface area (TPSA) is 29.5 Å². The quantitative estimate of drug-likeness (QED) is 0.881. The van der Waals surface area contributed by atoms with Gasteiger partial charge >= 0.3 is 0 Å². The molecule has 0 spiro atoms. The van der Waals surface area contributed by atoms with Gasteiger partial charge in [0.2, 0.25) is 0 Å². The van der Waals surface area contributed by atoms with E-state index in [9.17, 15) is 5.11 Å². The Labute approximate surface area is 105 Å². The average Bonchev–Trinajstić information content (AvgIpc) is 2.89. The first-order valence-electron chi connectivity index (χ1n) is 5.60. The molecular weight excluding hydrogens is 232 g/mol. The van der Waals surface area contributed by atoms with Crippen LogP contribution in [0.3, 0.4) is 0 Å². The Bertz CT molecular complexity index is 451. The summed E-state index contributed by atoms with van der Waals surface area (Å²) in [6.45, 7) is 0.158. The molecule has 0 saturated heterocycles. The zero-order chi connectivity index (χ0) is 12.1. The molecule has 0 bridgehead atoms. The van der Waals surface area contributed by atoms with Crippen LogP contribution in [0.1, 0.15) is 16.4 Å². The van der Waals surface area contributed by atoms with Gasteiger partial charge in [-0.25, -0.2) is 0 Å². The predicted octanol–water partition coefficient (Wildman–Crippen LogP) is 3.08. The third-order valence-electron chi connectivity index (χ3n) is 2.81.